The predicted octanol–water partition coefficient (Wildman–Crippen LogP) is 1.48. The fourth-order valence-electron chi connectivity index (χ4n) is 1.63. The van der Waals surface area contributed by atoms with Gasteiger partial charge in [-0.1, -0.05) is 0 Å². The van der Waals surface area contributed by atoms with Gasteiger partial charge >= 0.3 is 0 Å². The van der Waals surface area contributed by atoms with Gasteiger partial charge in [0.15, 0.2) is 0 Å². The van der Waals surface area contributed by atoms with Gasteiger partial charge < -0.3 is 5.73 Å². The van der Waals surface area contributed by atoms with Crippen LogP contribution >= 0.6 is 0 Å². The van der Waals surface area contributed by atoms with E-state index in [1.165, 1.54) is 19.3 Å². The van der Waals surface area contributed by atoms with Gasteiger partial charge in [0.05, 0.1) is 6.21 Å². The molecule has 0 aliphatic carbocycles. The van der Waals surface area contributed by atoms with E-state index in [4.69, 9.17) is 5.73 Å². The molecule has 2 N–H and O–H groups in total. The molecule has 0 aromatic carbocycles. The van der Waals surface area contributed by atoms with Gasteiger partial charge in [0.1, 0.15) is 5.82 Å². The molecule has 0 spiro atoms. The summed E-state index contributed by atoms with van der Waals surface area (Å²) >= 11 is 0. The van der Waals surface area contributed by atoms with Gasteiger partial charge in [0, 0.05) is 24.8 Å². The van der Waals surface area contributed by atoms with E-state index in [1.54, 1.807) is 12.3 Å². The van der Waals surface area contributed by atoms with Crippen molar-refractivity contribution in [1.82, 2.24) is 9.99 Å². The Morgan fingerprint density at radius 1 is 1.27 bits per heavy atom. The maximum atomic E-state index is 5.50. The summed E-state index contributed by atoms with van der Waals surface area (Å²) in [5.74, 6) is 0.546. The van der Waals surface area contributed by atoms with Gasteiger partial charge in [0.25, 0.3) is 0 Å². The van der Waals surface area contributed by atoms with Crippen molar-refractivity contribution in [3.8, 4) is 0 Å². The highest BCUT2D eigenvalue weighted by Gasteiger charge is 2.05. The zero-order chi connectivity index (χ0) is 10.5. The fourth-order valence-corrected chi connectivity index (χ4v) is 1.63. The molecule has 4 nitrogen and oxygen atoms in total. The topological polar surface area (TPSA) is 54.5 Å². The zero-order valence-corrected chi connectivity index (χ0v) is 8.76. The largest absolute Gasteiger partial charge is 0.384 e. The average Bonchev–Trinajstić information content (AvgIpc) is 2.30. The number of piperidine rings is 1. The third kappa shape index (κ3) is 2.94. The number of nitrogens with two attached hydrogens (primary N) is 1. The summed E-state index contributed by atoms with van der Waals surface area (Å²) in [6.07, 6.45) is 7.41. The van der Waals surface area contributed by atoms with Crippen LogP contribution in [0, 0.1) is 0 Å². The van der Waals surface area contributed by atoms with E-state index in [1.807, 2.05) is 12.3 Å². The summed E-state index contributed by atoms with van der Waals surface area (Å²) in [5.41, 5.74) is 6.49. The van der Waals surface area contributed by atoms with Gasteiger partial charge in [-0.25, -0.2) is 4.98 Å². The third-order valence-corrected chi connectivity index (χ3v) is 2.51. The van der Waals surface area contributed by atoms with Gasteiger partial charge in [-0.3, -0.25) is 5.01 Å². The quantitative estimate of drug-likeness (QED) is 0.742. The predicted molar refractivity (Wildman–Crippen MR) is 61.7 cm³/mol. The minimum absolute atomic E-state index is 0.546. The van der Waals surface area contributed by atoms with Crippen LogP contribution in [0.25, 0.3) is 0 Å². The van der Waals surface area contributed by atoms with E-state index in [0.29, 0.717) is 5.82 Å². The van der Waals surface area contributed by atoms with Crippen molar-refractivity contribution in [2.75, 3.05) is 18.8 Å². The minimum Gasteiger partial charge on any atom is -0.384 e. The molecule has 1 aliphatic rings. The number of nitrogen functional groups attached to an aromatic ring is 1. The van der Waals surface area contributed by atoms with Crippen molar-refractivity contribution >= 4 is 12.0 Å². The summed E-state index contributed by atoms with van der Waals surface area (Å²) < 4.78 is 0. The van der Waals surface area contributed by atoms with Crippen molar-refractivity contribution in [3.63, 3.8) is 0 Å². The summed E-state index contributed by atoms with van der Waals surface area (Å²) in [6.45, 7) is 2.14. The molecule has 0 atom stereocenters. The van der Waals surface area contributed by atoms with Crippen molar-refractivity contribution in [1.29, 1.82) is 0 Å². The van der Waals surface area contributed by atoms with Gasteiger partial charge in [-0.15, -0.1) is 0 Å². The summed E-state index contributed by atoms with van der Waals surface area (Å²) in [4.78, 5) is 4.01. The first-order valence-corrected chi connectivity index (χ1v) is 5.35. The highest BCUT2D eigenvalue weighted by Crippen LogP contribution is 2.08. The van der Waals surface area contributed by atoms with E-state index >= 15 is 0 Å². The lowest BCUT2D eigenvalue weighted by molar-refractivity contribution is 0.240. The van der Waals surface area contributed by atoms with E-state index in [-0.39, 0.29) is 0 Å². The molecule has 2 heterocycles. The number of pyridine rings is 1. The third-order valence-electron chi connectivity index (χ3n) is 2.51. The Kier molecular flexibility index (Phi) is 3.17. The van der Waals surface area contributed by atoms with Gasteiger partial charge in [-0.05, 0) is 31.4 Å². The number of hydrogen-bond donors (Lipinski definition) is 1. The summed E-state index contributed by atoms with van der Waals surface area (Å²) in [7, 11) is 0. The maximum Gasteiger partial charge on any atom is 0.123 e. The van der Waals surface area contributed by atoms with Crippen molar-refractivity contribution < 1.29 is 0 Å². The number of aromatic nitrogens is 1. The number of hydrogen-bond acceptors (Lipinski definition) is 4. The lowest BCUT2D eigenvalue weighted by atomic mass is 10.2. The first-order valence-electron chi connectivity index (χ1n) is 5.35. The first kappa shape index (κ1) is 9.96. The molecular formula is C11H16N4. The van der Waals surface area contributed by atoms with Crippen molar-refractivity contribution in [3.05, 3.63) is 23.9 Å². The number of rotatable bonds is 2. The molecule has 4 heteroatoms. The molecule has 0 unspecified atom stereocenters. The second-order valence-electron chi connectivity index (χ2n) is 3.78. The van der Waals surface area contributed by atoms with Gasteiger partial charge in [-0.2, -0.15) is 5.10 Å². The van der Waals surface area contributed by atoms with Crippen LogP contribution in [0.2, 0.25) is 0 Å². The molecule has 1 aromatic heterocycles. The first-order chi connectivity index (χ1) is 7.34. The molecule has 0 bridgehead atoms. The Morgan fingerprint density at radius 2 is 2.07 bits per heavy atom. The Labute approximate surface area is 89.8 Å². The monoisotopic (exact) mass is 204 g/mol. The van der Waals surface area contributed by atoms with E-state index < -0.39 is 0 Å². The fraction of sp³-hybridized carbons (Fsp3) is 0.455. The minimum atomic E-state index is 0.546. The van der Waals surface area contributed by atoms with Crippen LogP contribution in [0.4, 0.5) is 5.82 Å². The molecule has 1 aliphatic heterocycles. The van der Waals surface area contributed by atoms with Crippen LogP contribution in [0.15, 0.2) is 23.4 Å². The molecule has 1 saturated heterocycles. The molecule has 15 heavy (non-hydrogen) atoms. The van der Waals surface area contributed by atoms with Gasteiger partial charge in [0.2, 0.25) is 0 Å². The molecule has 0 amide bonds. The molecular weight excluding hydrogens is 188 g/mol. The molecule has 0 radical (unpaired) electrons. The van der Waals surface area contributed by atoms with Crippen LogP contribution in [0.3, 0.4) is 0 Å². The lowest BCUT2D eigenvalue weighted by Crippen LogP contribution is -2.24. The summed E-state index contributed by atoms with van der Waals surface area (Å²) in [5, 5.41) is 6.52. The van der Waals surface area contributed by atoms with E-state index in [9.17, 15) is 0 Å². The van der Waals surface area contributed by atoms with E-state index in [0.717, 1.165) is 18.7 Å². The Bertz CT molecular complexity index is 325. The SMILES string of the molecule is Nc1ccc(/C=N/N2CCCCC2)cn1. The maximum absolute atomic E-state index is 5.50. The van der Waals surface area contributed by atoms with Crippen LogP contribution in [-0.4, -0.2) is 29.3 Å². The second-order valence-corrected chi connectivity index (χ2v) is 3.78. The van der Waals surface area contributed by atoms with Crippen molar-refractivity contribution in [2.24, 2.45) is 5.10 Å². The summed E-state index contributed by atoms with van der Waals surface area (Å²) in [6, 6.07) is 3.72. The highest BCUT2D eigenvalue weighted by molar-refractivity contribution is 5.79. The molecule has 1 aromatic rings. The molecule has 80 valence electrons. The number of hydrazone groups is 1. The van der Waals surface area contributed by atoms with Crippen LogP contribution in [0.5, 0.6) is 0 Å². The van der Waals surface area contributed by atoms with Crippen LogP contribution in [-0.2, 0) is 0 Å². The number of nitrogens with zero attached hydrogens (tertiary/aromatic N) is 3. The normalized spacial score (nSPS) is 17.2. The standard InChI is InChI=1S/C11H16N4/c12-11-5-4-10(8-13-11)9-14-15-6-2-1-3-7-15/h4-5,8-9H,1-3,6-7H2,(H2,12,13)/b14-9+. The number of anilines is 1. The highest BCUT2D eigenvalue weighted by atomic mass is 15.4. The van der Waals surface area contributed by atoms with Crippen LogP contribution < -0.4 is 5.73 Å². The molecule has 1 fully saturated rings. The van der Waals surface area contributed by atoms with Crippen LogP contribution in [0.1, 0.15) is 24.8 Å². The Morgan fingerprint density at radius 3 is 2.73 bits per heavy atom. The average molecular weight is 204 g/mol. The second kappa shape index (κ2) is 4.77. The smallest absolute Gasteiger partial charge is 0.123 e. The molecule has 2 rings (SSSR count). The van der Waals surface area contributed by atoms with E-state index in [2.05, 4.69) is 15.1 Å². The van der Waals surface area contributed by atoms with Crippen molar-refractivity contribution in [2.45, 2.75) is 19.3 Å². The zero-order valence-electron chi connectivity index (χ0n) is 8.76. The Hall–Kier alpha value is -1.58. The molecule has 0 saturated carbocycles. The Balaban J connectivity index is 1.95. The lowest BCUT2D eigenvalue weighted by Gasteiger charge is -2.23.